The van der Waals surface area contributed by atoms with Gasteiger partial charge in [-0.2, -0.15) is 0 Å². The van der Waals surface area contributed by atoms with Crippen LogP contribution in [0.25, 0.3) is 0 Å². The van der Waals surface area contributed by atoms with Crippen LogP contribution in [-0.4, -0.2) is 48.3 Å². The van der Waals surface area contributed by atoms with Gasteiger partial charge in [-0.25, -0.2) is 4.79 Å². The van der Waals surface area contributed by atoms with E-state index >= 15 is 0 Å². The topological polar surface area (TPSA) is 36.0 Å². The lowest BCUT2D eigenvalue weighted by Gasteiger charge is -2.32. The quantitative estimate of drug-likeness (QED) is 0.579. The van der Waals surface area contributed by atoms with Crippen molar-refractivity contribution in [3.05, 3.63) is 89.0 Å². The number of carbonyl (C=O) groups is 1. The first-order valence-corrected chi connectivity index (χ1v) is 10.3. The molecule has 1 heterocycles. The minimum atomic E-state index is -1.00. The Bertz CT molecular complexity index is 1080. The average molecular weight is 416 g/mol. The molecule has 0 saturated heterocycles. The van der Waals surface area contributed by atoms with Crippen LogP contribution in [0.4, 0.5) is 17.1 Å². The number of anilines is 3. The molecule has 5 nitrogen and oxygen atoms in total. The number of nitrogens with zero attached hydrogens (tertiary/aromatic N) is 3. The summed E-state index contributed by atoms with van der Waals surface area (Å²) in [6, 6.07) is 22.4. The van der Waals surface area contributed by atoms with E-state index in [4.69, 9.17) is 4.74 Å². The van der Waals surface area contributed by atoms with Crippen molar-refractivity contribution >= 4 is 23.0 Å². The Hall–Kier alpha value is -3.47. The van der Waals surface area contributed by atoms with Crippen LogP contribution in [-0.2, 0) is 10.3 Å². The molecular formula is C26H29N3O2. The van der Waals surface area contributed by atoms with Crippen LogP contribution in [0.1, 0.15) is 27.0 Å². The number of rotatable bonds is 5. The molecule has 4 rings (SSSR count). The van der Waals surface area contributed by atoms with E-state index in [-0.39, 0.29) is 5.97 Å². The number of carbonyl (C=O) groups excluding carboxylic acids is 1. The predicted octanol–water partition coefficient (Wildman–Crippen LogP) is 4.35. The molecule has 0 aliphatic carbocycles. The molecule has 0 N–H and O–H groups in total. The molecule has 3 aromatic rings. The summed E-state index contributed by atoms with van der Waals surface area (Å²) in [7, 11) is 12.0. The Morgan fingerprint density at radius 2 is 1.13 bits per heavy atom. The van der Waals surface area contributed by atoms with Crippen LogP contribution in [0, 0.1) is 0 Å². The van der Waals surface area contributed by atoms with Gasteiger partial charge in [0.15, 0.2) is 5.60 Å². The van der Waals surface area contributed by atoms with Crippen molar-refractivity contribution in [1.82, 2.24) is 0 Å². The van der Waals surface area contributed by atoms with Gasteiger partial charge in [-0.05, 0) is 36.4 Å². The fourth-order valence-corrected chi connectivity index (χ4v) is 4.14. The van der Waals surface area contributed by atoms with E-state index < -0.39 is 5.60 Å². The molecule has 0 saturated carbocycles. The average Bonchev–Trinajstić information content (AvgIpc) is 3.07. The summed E-state index contributed by atoms with van der Waals surface area (Å²) in [6.45, 7) is 0. The standard InChI is InChI=1S/C26H29N3O2/c1-27(2)20-11-7-9-18(15-20)26(19-10-8-12-21(16-19)28(3)4)24-14-13-22(29(5)6)17-23(24)25(30)31-26/h7-17H,1-6H3. The maximum atomic E-state index is 13.2. The molecule has 0 atom stereocenters. The summed E-state index contributed by atoms with van der Waals surface area (Å²) in [5, 5.41) is 0. The van der Waals surface area contributed by atoms with E-state index in [1.807, 2.05) is 89.7 Å². The van der Waals surface area contributed by atoms with Gasteiger partial charge >= 0.3 is 5.97 Å². The maximum absolute atomic E-state index is 13.2. The number of hydrogen-bond acceptors (Lipinski definition) is 5. The zero-order valence-corrected chi connectivity index (χ0v) is 19.0. The molecule has 5 heteroatoms. The molecule has 0 radical (unpaired) electrons. The van der Waals surface area contributed by atoms with E-state index in [1.165, 1.54) is 0 Å². The molecule has 0 amide bonds. The molecule has 0 bridgehead atoms. The van der Waals surface area contributed by atoms with Crippen molar-refractivity contribution in [3.63, 3.8) is 0 Å². The molecule has 31 heavy (non-hydrogen) atoms. The zero-order chi connectivity index (χ0) is 22.3. The molecular weight excluding hydrogens is 386 g/mol. The Labute approximate surface area is 184 Å². The number of fused-ring (bicyclic) bond motifs is 1. The molecule has 160 valence electrons. The van der Waals surface area contributed by atoms with E-state index in [9.17, 15) is 4.79 Å². The van der Waals surface area contributed by atoms with Gasteiger partial charge in [0.05, 0.1) is 5.56 Å². The van der Waals surface area contributed by atoms with Gasteiger partial charge in [0, 0.05) is 76.0 Å². The van der Waals surface area contributed by atoms with Crippen molar-refractivity contribution < 1.29 is 9.53 Å². The lowest BCUT2D eigenvalue weighted by atomic mass is 9.79. The van der Waals surface area contributed by atoms with Crippen molar-refractivity contribution in [1.29, 1.82) is 0 Å². The van der Waals surface area contributed by atoms with Gasteiger partial charge in [-0.3, -0.25) is 0 Å². The summed E-state index contributed by atoms with van der Waals surface area (Å²) >= 11 is 0. The predicted molar refractivity (Wildman–Crippen MR) is 128 cm³/mol. The normalized spacial score (nSPS) is 14.1. The zero-order valence-electron chi connectivity index (χ0n) is 19.0. The number of benzene rings is 3. The van der Waals surface area contributed by atoms with Gasteiger partial charge in [-0.1, -0.05) is 30.3 Å². The smallest absolute Gasteiger partial charge is 0.340 e. The van der Waals surface area contributed by atoms with Crippen molar-refractivity contribution in [2.45, 2.75) is 5.60 Å². The lowest BCUT2D eigenvalue weighted by Crippen LogP contribution is -2.30. The van der Waals surface area contributed by atoms with Crippen LogP contribution in [0.5, 0.6) is 0 Å². The highest BCUT2D eigenvalue weighted by molar-refractivity contribution is 5.97. The molecule has 0 aromatic heterocycles. The van der Waals surface area contributed by atoms with Crippen LogP contribution < -0.4 is 14.7 Å². The highest BCUT2D eigenvalue weighted by atomic mass is 16.6. The second-order valence-electron chi connectivity index (χ2n) is 8.58. The molecule has 0 spiro atoms. The fraction of sp³-hybridized carbons (Fsp3) is 0.269. The SMILES string of the molecule is CN(C)c1cccc(C2(c3cccc(N(C)C)c3)OC(=O)c3cc(N(C)C)ccc32)c1. The van der Waals surface area contributed by atoms with E-state index in [1.54, 1.807) is 0 Å². The Kier molecular flexibility index (Phi) is 5.13. The van der Waals surface area contributed by atoms with Gasteiger partial charge < -0.3 is 19.4 Å². The van der Waals surface area contributed by atoms with E-state index in [0.717, 1.165) is 33.8 Å². The van der Waals surface area contributed by atoms with Crippen molar-refractivity contribution in [2.24, 2.45) is 0 Å². The molecule has 1 aliphatic rings. The molecule has 1 aliphatic heterocycles. The monoisotopic (exact) mass is 415 g/mol. The summed E-state index contributed by atoms with van der Waals surface area (Å²) in [4.78, 5) is 19.3. The molecule has 0 fully saturated rings. The minimum absolute atomic E-state index is 0.302. The van der Waals surface area contributed by atoms with Gasteiger partial charge in [-0.15, -0.1) is 0 Å². The highest BCUT2D eigenvalue weighted by Gasteiger charge is 2.49. The number of hydrogen-bond donors (Lipinski definition) is 0. The minimum Gasteiger partial charge on any atom is -0.441 e. The van der Waals surface area contributed by atoms with Crippen molar-refractivity contribution in [3.8, 4) is 0 Å². The summed E-state index contributed by atoms with van der Waals surface area (Å²) in [5.74, 6) is -0.302. The number of ether oxygens (including phenoxy) is 1. The largest absolute Gasteiger partial charge is 0.441 e. The fourth-order valence-electron chi connectivity index (χ4n) is 4.14. The van der Waals surface area contributed by atoms with Crippen LogP contribution in [0.3, 0.4) is 0 Å². The summed E-state index contributed by atoms with van der Waals surface area (Å²) in [5.41, 5.74) is 5.40. The summed E-state index contributed by atoms with van der Waals surface area (Å²) < 4.78 is 6.30. The summed E-state index contributed by atoms with van der Waals surface area (Å²) in [6.07, 6.45) is 0. The Morgan fingerprint density at radius 1 is 0.645 bits per heavy atom. The highest BCUT2D eigenvalue weighted by Crippen LogP contribution is 2.48. The third kappa shape index (κ3) is 3.40. The first kappa shape index (κ1) is 20.8. The molecule has 3 aromatic carbocycles. The van der Waals surface area contributed by atoms with Crippen molar-refractivity contribution in [2.75, 3.05) is 57.0 Å². The number of esters is 1. The second kappa shape index (κ2) is 7.65. The maximum Gasteiger partial charge on any atom is 0.340 e. The van der Waals surface area contributed by atoms with Gasteiger partial charge in [0.1, 0.15) is 0 Å². The van der Waals surface area contributed by atoms with E-state index in [2.05, 4.69) is 34.1 Å². The van der Waals surface area contributed by atoms with Crippen LogP contribution in [0.15, 0.2) is 66.7 Å². The Morgan fingerprint density at radius 3 is 1.61 bits per heavy atom. The third-order valence-electron chi connectivity index (χ3n) is 5.90. The van der Waals surface area contributed by atoms with Crippen LogP contribution in [0.2, 0.25) is 0 Å². The number of cyclic esters (lactones) is 1. The molecule has 0 unspecified atom stereocenters. The van der Waals surface area contributed by atoms with Gasteiger partial charge in [0.2, 0.25) is 0 Å². The Balaban J connectivity index is 2.03. The lowest BCUT2D eigenvalue weighted by molar-refractivity contribution is 0.0251. The first-order chi connectivity index (χ1) is 14.7. The van der Waals surface area contributed by atoms with Crippen LogP contribution >= 0.6 is 0 Å². The second-order valence-corrected chi connectivity index (χ2v) is 8.58. The van der Waals surface area contributed by atoms with Gasteiger partial charge in [0.25, 0.3) is 0 Å². The third-order valence-corrected chi connectivity index (χ3v) is 5.90. The first-order valence-electron chi connectivity index (χ1n) is 10.3. The van der Waals surface area contributed by atoms with E-state index in [0.29, 0.717) is 5.56 Å².